The molecule has 1 aromatic heterocycles. The van der Waals surface area contributed by atoms with E-state index in [-0.39, 0.29) is 5.41 Å². The van der Waals surface area contributed by atoms with E-state index in [9.17, 15) is 0 Å². The largest absolute Gasteiger partial charge is 0.330 e. The van der Waals surface area contributed by atoms with E-state index in [1.54, 1.807) is 11.3 Å². The van der Waals surface area contributed by atoms with Crippen LogP contribution >= 0.6 is 27.3 Å². The van der Waals surface area contributed by atoms with Gasteiger partial charge < -0.3 is 10.6 Å². The Labute approximate surface area is 117 Å². The van der Waals surface area contributed by atoms with E-state index in [0.29, 0.717) is 0 Å². The fraction of sp³-hybridized carbons (Fsp3) is 0.692. The normalized spacial score (nSPS) is 12.4. The molecule has 0 atom stereocenters. The van der Waals surface area contributed by atoms with Crippen molar-refractivity contribution in [2.24, 2.45) is 11.1 Å². The van der Waals surface area contributed by atoms with Crippen molar-refractivity contribution in [3.8, 4) is 0 Å². The van der Waals surface area contributed by atoms with Gasteiger partial charge in [-0.3, -0.25) is 0 Å². The summed E-state index contributed by atoms with van der Waals surface area (Å²) in [6.07, 6.45) is 2.30. The Hall–Kier alpha value is 0.1000. The molecule has 17 heavy (non-hydrogen) atoms. The van der Waals surface area contributed by atoms with Crippen LogP contribution in [-0.4, -0.2) is 25.0 Å². The first-order valence-electron chi connectivity index (χ1n) is 6.16. The molecular formula is C13H23BrN2S. The predicted molar refractivity (Wildman–Crippen MR) is 80.4 cm³/mol. The highest BCUT2D eigenvalue weighted by molar-refractivity contribution is 9.10. The van der Waals surface area contributed by atoms with E-state index in [0.717, 1.165) is 32.5 Å². The van der Waals surface area contributed by atoms with Gasteiger partial charge in [-0.1, -0.05) is 13.8 Å². The van der Waals surface area contributed by atoms with E-state index >= 15 is 0 Å². The van der Waals surface area contributed by atoms with Crippen molar-refractivity contribution in [3.63, 3.8) is 0 Å². The van der Waals surface area contributed by atoms with E-state index < -0.39 is 0 Å². The van der Waals surface area contributed by atoms with Crippen LogP contribution in [0.3, 0.4) is 0 Å². The van der Waals surface area contributed by atoms with E-state index in [1.807, 2.05) is 0 Å². The highest BCUT2D eigenvalue weighted by Gasteiger charge is 2.26. The minimum atomic E-state index is 0.281. The Kier molecular flexibility index (Phi) is 6.13. The lowest BCUT2D eigenvalue weighted by Gasteiger charge is -2.34. The molecule has 2 N–H and O–H groups in total. The van der Waals surface area contributed by atoms with Crippen LogP contribution in [0.15, 0.2) is 15.9 Å². The minimum absolute atomic E-state index is 0.281. The molecule has 0 fully saturated rings. The molecule has 0 saturated heterocycles. The molecule has 0 saturated carbocycles. The Morgan fingerprint density at radius 3 is 2.47 bits per heavy atom. The Morgan fingerprint density at radius 1 is 1.41 bits per heavy atom. The molecule has 0 amide bonds. The third kappa shape index (κ3) is 4.36. The van der Waals surface area contributed by atoms with E-state index in [1.165, 1.54) is 9.35 Å². The van der Waals surface area contributed by atoms with Crippen molar-refractivity contribution in [3.05, 3.63) is 20.8 Å². The molecule has 0 unspecified atom stereocenters. The molecule has 1 aromatic rings. The zero-order chi connectivity index (χ0) is 12.9. The lowest BCUT2D eigenvalue weighted by Crippen LogP contribution is -2.40. The summed E-state index contributed by atoms with van der Waals surface area (Å²) in [4.78, 5) is 3.79. The summed E-state index contributed by atoms with van der Waals surface area (Å²) in [5, 5.41) is 2.14. The van der Waals surface area contributed by atoms with Gasteiger partial charge in [-0.25, -0.2) is 0 Å². The fourth-order valence-electron chi connectivity index (χ4n) is 2.16. The van der Waals surface area contributed by atoms with Gasteiger partial charge in [0.15, 0.2) is 0 Å². The number of rotatable bonds is 7. The quantitative estimate of drug-likeness (QED) is 0.830. The molecule has 0 aliphatic carbocycles. The van der Waals surface area contributed by atoms with Gasteiger partial charge in [0.05, 0.1) is 0 Å². The van der Waals surface area contributed by atoms with Crippen molar-refractivity contribution in [2.75, 3.05) is 20.1 Å². The van der Waals surface area contributed by atoms with Crippen molar-refractivity contribution in [1.29, 1.82) is 0 Å². The molecule has 2 nitrogen and oxygen atoms in total. The van der Waals surface area contributed by atoms with Crippen LogP contribution in [0.4, 0.5) is 0 Å². The highest BCUT2D eigenvalue weighted by Crippen LogP contribution is 2.27. The summed E-state index contributed by atoms with van der Waals surface area (Å²) in [5.41, 5.74) is 6.22. The summed E-state index contributed by atoms with van der Waals surface area (Å²) in [5.74, 6) is 0. The Bertz CT molecular complexity index is 326. The topological polar surface area (TPSA) is 29.3 Å². The van der Waals surface area contributed by atoms with Gasteiger partial charge in [0.2, 0.25) is 0 Å². The third-order valence-electron chi connectivity index (χ3n) is 3.59. The highest BCUT2D eigenvalue weighted by atomic mass is 79.9. The Morgan fingerprint density at radius 2 is 2.06 bits per heavy atom. The van der Waals surface area contributed by atoms with Crippen LogP contribution in [0.25, 0.3) is 0 Å². The molecule has 0 aliphatic rings. The monoisotopic (exact) mass is 318 g/mol. The average molecular weight is 319 g/mol. The first kappa shape index (κ1) is 15.2. The number of hydrogen-bond donors (Lipinski definition) is 1. The van der Waals surface area contributed by atoms with Crippen LogP contribution in [0, 0.1) is 5.41 Å². The maximum Gasteiger partial charge on any atom is 0.0325 e. The first-order valence-corrected chi connectivity index (χ1v) is 7.84. The first-order chi connectivity index (χ1) is 8.05. The number of nitrogens with zero attached hydrogens (tertiary/aromatic N) is 1. The molecule has 4 heteroatoms. The summed E-state index contributed by atoms with van der Waals surface area (Å²) in [6, 6.07) is 2.20. The van der Waals surface area contributed by atoms with E-state index in [2.05, 4.69) is 53.2 Å². The van der Waals surface area contributed by atoms with Crippen molar-refractivity contribution >= 4 is 27.3 Å². The summed E-state index contributed by atoms with van der Waals surface area (Å²) >= 11 is 5.30. The van der Waals surface area contributed by atoms with Crippen LogP contribution in [0.5, 0.6) is 0 Å². The van der Waals surface area contributed by atoms with Crippen LogP contribution in [0.2, 0.25) is 0 Å². The zero-order valence-corrected chi connectivity index (χ0v) is 13.4. The van der Waals surface area contributed by atoms with Gasteiger partial charge in [0, 0.05) is 27.8 Å². The van der Waals surface area contributed by atoms with E-state index in [4.69, 9.17) is 5.73 Å². The van der Waals surface area contributed by atoms with Crippen LogP contribution < -0.4 is 5.73 Å². The van der Waals surface area contributed by atoms with Gasteiger partial charge in [0.25, 0.3) is 0 Å². The third-order valence-corrected chi connectivity index (χ3v) is 5.27. The molecule has 98 valence electrons. The van der Waals surface area contributed by atoms with Gasteiger partial charge in [-0.15, -0.1) is 11.3 Å². The second-order valence-corrected chi connectivity index (χ2v) is 6.73. The zero-order valence-electron chi connectivity index (χ0n) is 11.0. The van der Waals surface area contributed by atoms with Crippen molar-refractivity contribution < 1.29 is 0 Å². The lowest BCUT2D eigenvalue weighted by atomic mass is 9.82. The number of nitrogens with two attached hydrogens (primary N) is 1. The smallest absolute Gasteiger partial charge is 0.0325 e. The van der Waals surface area contributed by atoms with Gasteiger partial charge in [-0.05, 0) is 53.8 Å². The maximum absolute atomic E-state index is 5.94. The molecule has 0 bridgehead atoms. The standard InChI is InChI=1S/C13H23BrN2S/c1-4-13(5-2,9-15)10-16(3)7-12-6-11(14)8-17-12/h6,8H,4-5,7,9-10,15H2,1-3H3. The summed E-state index contributed by atoms with van der Waals surface area (Å²) < 4.78 is 1.18. The summed E-state index contributed by atoms with van der Waals surface area (Å²) in [7, 11) is 2.18. The second kappa shape index (κ2) is 6.88. The number of hydrogen-bond acceptors (Lipinski definition) is 3. The molecule has 1 heterocycles. The summed E-state index contributed by atoms with van der Waals surface area (Å²) in [6.45, 7) is 7.35. The SMILES string of the molecule is CCC(CC)(CN)CN(C)Cc1cc(Br)cs1. The van der Waals surface area contributed by atoms with Crippen molar-refractivity contribution in [1.82, 2.24) is 4.90 Å². The number of halogens is 1. The Balaban J connectivity index is 2.56. The predicted octanol–water partition coefficient (Wildman–Crippen LogP) is 3.71. The minimum Gasteiger partial charge on any atom is -0.330 e. The second-order valence-electron chi connectivity index (χ2n) is 4.81. The fourth-order valence-corrected chi connectivity index (χ4v) is 3.69. The molecule has 0 aliphatic heterocycles. The molecule has 0 radical (unpaired) electrons. The van der Waals surface area contributed by atoms with Crippen molar-refractivity contribution in [2.45, 2.75) is 33.2 Å². The van der Waals surface area contributed by atoms with Crippen LogP contribution in [0.1, 0.15) is 31.6 Å². The van der Waals surface area contributed by atoms with Gasteiger partial charge in [0.1, 0.15) is 0 Å². The van der Waals surface area contributed by atoms with Crippen LogP contribution in [-0.2, 0) is 6.54 Å². The molecule has 0 aromatic carbocycles. The molecule has 1 rings (SSSR count). The maximum atomic E-state index is 5.94. The molecule has 0 spiro atoms. The van der Waals surface area contributed by atoms with Gasteiger partial charge >= 0.3 is 0 Å². The van der Waals surface area contributed by atoms with Gasteiger partial charge in [-0.2, -0.15) is 0 Å². The molecular weight excluding hydrogens is 296 g/mol. The average Bonchev–Trinajstić information content (AvgIpc) is 2.72. The lowest BCUT2D eigenvalue weighted by molar-refractivity contribution is 0.163. The number of thiophene rings is 1.